The number of amides is 1. The van der Waals surface area contributed by atoms with E-state index >= 15 is 0 Å². The van der Waals surface area contributed by atoms with E-state index in [0.717, 1.165) is 38.6 Å². The largest absolute Gasteiger partial charge is 0.467 e. The molecule has 0 aromatic carbocycles. The van der Waals surface area contributed by atoms with Gasteiger partial charge in [-0.25, -0.2) is 4.98 Å². The van der Waals surface area contributed by atoms with Gasteiger partial charge in [-0.05, 0) is 12.1 Å². The van der Waals surface area contributed by atoms with Crippen molar-refractivity contribution in [3.8, 4) is 0 Å². The van der Waals surface area contributed by atoms with Gasteiger partial charge in [0.1, 0.15) is 11.5 Å². The molecule has 0 N–H and O–H groups in total. The number of ether oxygens (including phenoxy) is 1. The molecule has 1 amide bonds. The Morgan fingerprint density at radius 2 is 2.17 bits per heavy atom. The lowest BCUT2D eigenvalue weighted by atomic mass is 10.3. The van der Waals surface area contributed by atoms with Crippen molar-refractivity contribution < 1.29 is 13.9 Å². The minimum absolute atomic E-state index is 0.136. The fourth-order valence-corrected chi connectivity index (χ4v) is 2.50. The van der Waals surface area contributed by atoms with Crippen LogP contribution in [0.25, 0.3) is 0 Å². The summed E-state index contributed by atoms with van der Waals surface area (Å²) in [7, 11) is 0. The molecular weight excluding hydrogens is 296 g/mol. The lowest BCUT2D eigenvalue weighted by molar-refractivity contribution is 0.0315. The van der Waals surface area contributed by atoms with Crippen LogP contribution in [0.15, 0.2) is 41.4 Å². The van der Waals surface area contributed by atoms with Crippen molar-refractivity contribution in [3.63, 3.8) is 0 Å². The Balaban J connectivity index is 1.66. The lowest BCUT2D eigenvalue weighted by Gasteiger charge is -2.29. The Morgan fingerprint density at radius 3 is 2.87 bits per heavy atom. The summed E-state index contributed by atoms with van der Waals surface area (Å²) in [6, 6.07) is 3.69. The maximum atomic E-state index is 12.7. The van der Waals surface area contributed by atoms with E-state index in [9.17, 15) is 4.79 Å². The zero-order chi connectivity index (χ0) is 15.9. The highest BCUT2D eigenvalue weighted by atomic mass is 16.5. The van der Waals surface area contributed by atoms with Gasteiger partial charge in [-0.3, -0.25) is 14.7 Å². The molecule has 1 saturated heterocycles. The van der Waals surface area contributed by atoms with Gasteiger partial charge in [0.25, 0.3) is 5.91 Å². The van der Waals surface area contributed by atoms with E-state index in [-0.39, 0.29) is 5.91 Å². The molecule has 1 fully saturated rings. The Hall–Kier alpha value is -2.25. The number of morpholine rings is 1. The quantitative estimate of drug-likeness (QED) is 0.793. The molecule has 1 aliphatic heterocycles. The second kappa shape index (κ2) is 7.85. The monoisotopic (exact) mass is 316 g/mol. The highest BCUT2D eigenvalue weighted by Gasteiger charge is 2.20. The van der Waals surface area contributed by atoms with Crippen molar-refractivity contribution in [2.75, 3.05) is 39.4 Å². The van der Waals surface area contributed by atoms with Crippen LogP contribution in [-0.2, 0) is 11.3 Å². The molecule has 7 nitrogen and oxygen atoms in total. The van der Waals surface area contributed by atoms with E-state index in [2.05, 4.69) is 14.9 Å². The first-order valence-corrected chi connectivity index (χ1v) is 7.71. The molecule has 2 aromatic heterocycles. The van der Waals surface area contributed by atoms with E-state index in [1.54, 1.807) is 17.4 Å². The van der Waals surface area contributed by atoms with Gasteiger partial charge in [0, 0.05) is 38.6 Å². The first-order chi connectivity index (χ1) is 11.3. The fourth-order valence-electron chi connectivity index (χ4n) is 2.50. The molecule has 0 saturated carbocycles. The normalized spacial score (nSPS) is 15.5. The summed E-state index contributed by atoms with van der Waals surface area (Å²) in [5.74, 6) is 0.618. The van der Waals surface area contributed by atoms with Crippen LogP contribution in [0.1, 0.15) is 16.2 Å². The van der Waals surface area contributed by atoms with Crippen LogP contribution in [0.4, 0.5) is 0 Å². The first kappa shape index (κ1) is 15.6. The molecule has 3 heterocycles. The minimum atomic E-state index is -0.136. The second-order valence-electron chi connectivity index (χ2n) is 5.35. The van der Waals surface area contributed by atoms with Gasteiger partial charge >= 0.3 is 0 Å². The van der Waals surface area contributed by atoms with Gasteiger partial charge in [0.15, 0.2) is 0 Å². The molecule has 2 aromatic rings. The number of nitrogens with zero attached hydrogens (tertiary/aromatic N) is 4. The van der Waals surface area contributed by atoms with E-state index in [0.29, 0.717) is 18.8 Å². The van der Waals surface area contributed by atoms with Crippen molar-refractivity contribution in [1.29, 1.82) is 0 Å². The molecule has 0 atom stereocenters. The van der Waals surface area contributed by atoms with Crippen LogP contribution in [0.3, 0.4) is 0 Å². The number of aromatic nitrogens is 2. The van der Waals surface area contributed by atoms with Crippen LogP contribution in [0.5, 0.6) is 0 Å². The SMILES string of the molecule is O=C(c1cnccn1)N(CCN1CCOCC1)Cc1ccco1. The third-order valence-electron chi connectivity index (χ3n) is 3.79. The molecular formula is C16H20N4O3. The molecule has 0 radical (unpaired) electrons. The van der Waals surface area contributed by atoms with Crippen LogP contribution in [0.2, 0.25) is 0 Å². The summed E-state index contributed by atoms with van der Waals surface area (Å²) in [6.07, 6.45) is 6.19. The summed E-state index contributed by atoms with van der Waals surface area (Å²) in [5.41, 5.74) is 0.348. The number of hydrogen-bond acceptors (Lipinski definition) is 6. The Kier molecular flexibility index (Phi) is 5.33. The Morgan fingerprint density at radius 1 is 1.30 bits per heavy atom. The van der Waals surface area contributed by atoms with Gasteiger partial charge in [-0.15, -0.1) is 0 Å². The molecule has 3 rings (SSSR count). The standard InChI is InChI=1S/C16H20N4O3/c21-16(15-12-17-3-4-18-15)20(13-14-2-1-9-23-14)6-5-19-7-10-22-11-8-19/h1-4,9,12H,5-8,10-11,13H2. The zero-order valence-corrected chi connectivity index (χ0v) is 12.9. The van der Waals surface area contributed by atoms with Crippen LogP contribution in [0, 0.1) is 0 Å². The van der Waals surface area contributed by atoms with Crippen LogP contribution < -0.4 is 0 Å². The molecule has 122 valence electrons. The predicted molar refractivity (Wildman–Crippen MR) is 82.7 cm³/mol. The minimum Gasteiger partial charge on any atom is -0.467 e. The Labute approximate surface area is 134 Å². The van der Waals surface area contributed by atoms with E-state index < -0.39 is 0 Å². The van der Waals surface area contributed by atoms with Crippen molar-refractivity contribution >= 4 is 5.91 Å². The van der Waals surface area contributed by atoms with E-state index in [1.807, 2.05) is 12.1 Å². The van der Waals surface area contributed by atoms with E-state index in [4.69, 9.17) is 9.15 Å². The molecule has 7 heteroatoms. The first-order valence-electron chi connectivity index (χ1n) is 7.71. The van der Waals surface area contributed by atoms with Crippen molar-refractivity contribution in [2.24, 2.45) is 0 Å². The van der Waals surface area contributed by atoms with E-state index in [1.165, 1.54) is 12.4 Å². The van der Waals surface area contributed by atoms with Crippen molar-refractivity contribution in [2.45, 2.75) is 6.54 Å². The summed E-state index contributed by atoms with van der Waals surface area (Å²) in [5, 5.41) is 0. The van der Waals surface area contributed by atoms with Gasteiger partial charge in [-0.2, -0.15) is 0 Å². The number of carbonyl (C=O) groups is 1. The van der Waals surface area contributed by atoms with Gasteiger partial charge < -0.3 is 14.1 Å². The highest BCUT2D eigenvalue weighted by molar-refractivity contribution is 5.91. The number of carbonyl (C=O) groups excluding carboxylic acids is 1. The molecule has 0 spiro atoms. The molecule has 0 unspecified atom stereocenters. The van der Waals surface area contributed by atoms with Crippen LogP contribution in [-0.4, -0.2) is 65.1 Å². The smallest absolute Gasteiger partial charge is 0.274 e. The lowest BCUT2D eigenvalue weighted by Crippen LogP contribution is -2.43. The zero-order valence-electron chi connectivity index (χ0n) is 12.9. The molecule has 0 aliphatic carbocycles. The molecule has 0 bridgehead atoms. The van der Waals surface area contributed by atoms with Crippen molar-refractivity contribution in [3.05, 3.63) is 48.4 Å². The average Bonchev–Trinajstić information content (AvgIpc) is 3.13. The predicted octanol–water partition coefficient (Wildman–Crippen LogP) is 1.04. The Bertz CT molecular complexity index is 597. The number of furan rings is 1. The summed E-state index contributed by atoms with van der Waals surface area (Å²) < 4.78 is 10.7. The third kappa shape index (κ3) is 4.37. The highest BCUT2D eigenvalue weighted by Crippen LogP contribution is 2.09. The maximum Gasteiger partial charge on any atom is 0.274 e. The van der Waals surface area contributed by atoms with Crippen LogP contribution >= 0.6 is 0 Å². The third-order valence-corrected chi connectivity index (χ3v) is 3.79. The number of rotatable bonds is 6. The molecule has 23 heavy (non-hydrogen) atoms. The maximum absolute atomic E-state index is 12.7. The summed E-state index contributed by atoms with van der Waals surface area (Å²) in [6.45, 7) is 5.12. The average molecular weight is 316 g/mol. The molecule has 1 aliphatic rings. The fraction of sp³-hybridized carbons (Fsp3) is 0.438. The summed E-state index contributed by atoms with van der Waals surface area (Å²) >= 11 is 0. The number of hydrogen-bond donors (Lipinski definition) is 0. The topological polar surface area (TPSA) is 71.7 Å². The van der Waals surface area contributed by atoms with Gasteiger partial charge in [-0.1, -0.05) is 0 Å². The van der Waals surface area contributed by atoms with Gasteiger partial charge in [0.05, 0.1) is 32.2 Å². The summed E-state index contributed by atoms with van der Waals surface area (Å²) in [4.78, 5) is 24.8. The second-order valence-corrected chi connectivity index (χ2v) is 5.35. The van der Waals surface area contributed by atoms with Crippen molar-refractivity contribution in [1.82, 2.24) is 19.8 Å². The van der Waals surface area contributed by atoms with Gasteiger partial charge in [0.2, 0.25) is 0 Å².